The molecule has 0 radical (unpaired) electrons. The van der Waals surface area contributed by atoms with E-state index in [0.29, 0.717) is 5.92 Å². The normalized spacial score (nSPS) is 13.6. The van der Waals surface area contributed by atoms with E-state index in [1.807, 2.05) is 7.05 Å². The highest BCUT2D eigenvalue weighted by Gasteiger charge is 2.09. The van der Waals surface area contributed by atoms with Gasteiger partial charge in [-0.15, -0.1) is 0 Å². The van der Waals surface area contributed by atoms with Gasteiger partial charge in [-0.2, -0.15) is 0 Å². The average Bonchev–Trinajstić information content (AvgIpc) is 1.81. The van der Waals surface area contributed by atoms with E-state index in [9.17, 15) is 0 Å². The monoisotopic (exact) mass is 143 g/mol. The van der Waals surface area contributed by atoms with Gasteiger partial charge in [-0.25, -0.2) is 0 Å². The topological polar surface area (TPSA) is 32.3 Å². The van der Waals surface area contributed by atoms with Crippen LogP contribution >= 0.6 is 0 Å². The minimum Gasteiger partial charge on any atom is -0.511 e. The Kier molecular flexibility index (Phi) is 4.12. The van der Waals surface area contributed by atoms with Crippen LogP contribution in [0.2, 0.25) is 0 Å². The highest BCUT2D eigenvalue weighted by molar-refractivity contribution is 4.93. The Bertz CT molecular complexity index is 110. The average molecular weight is 143 g/mol. The van der Waals surface area contributed by atoms with Crippen LogP contribution in [0.15, 0.2) is 12.3 Å². The smallest absolute Gasteiger partial charge is 0.102 e. The lowest BCUT2D eigenvalue weighted by atomic mass is 10.0. The van der Waals surface area contributed by atoms with E-state index in [0.717, 1.165) is 6.42 Å². The van der Waals surface area contributed by atoms with E-state index in [4.69, 9.17) is 5.11 Å². The van der Waals surface area contributed by atoms with Crippen LogP contribution < -0.4 is 5.32 Å². The van der Waals surface area contributed by atoms with Crippen LogP contribution in [-0.4, -0.2) is 18.2 Å². The second-order valence-electron chi connectivity index (χ2n) is 2.96. The summed E-state index contributed by atoms with van der Waals surface area (Å²) in [7, 11) is 1.83. The molecule has 60 valence electrons. The van der Waals surface area contributed by atoms with Crippen LogP contribution in [0.4, 0.5) is 0 Å². The Labute approximate surface area is 62.9 Å². The van der Waals surface area contributed by atoms with E-state index in [-0.39, 0.29) is 11.8 Å². The first-order valence-corrected chi connectivity index (χ1v) is 3.63. The number of aliphatic hydroxyl groups is 1. The van der Waals surface area contributed by atoms with Gasteiger partial charge in [0.1, 0.15) is 5.76 Å². The second-order valence-corrected chi connectivity index (χ2v) is 2.96. The standard InChI is InChI=1S/C8H17NO/c1-6(2)5-8(9-4)7(3)10/h6,8-10H,3,5H2,1-2,4H3/t8-/m0/s1. The first-order valence-electron chi connectivity index (χ1n) is 3.63. The molecule has 0 aliphatic heterocycles. The molecule has 1 atom stereocenters. The van der Waals surface area contributed by atoms with E-state index in [1.54, 1.807) is 0 Å². The zero-order valence-corrected chi connectivity index (χ0v) is 7.02. The molecule has 0 aliphatic carbocycles. The van der Waals surface area contributed by atoms with Crippen molar-refractivity contribution in [2.24, 2.45) is 5.92 Å². The summed E-state index contributed by atoms with van der Waals surface area (Å²) in [6.45, 7) is 7.71. The molecular formula is C8H17NO. The molecule has 0 aromatic heterocycles. The fraction of sp³-hybridized carbons (Fsp3) is 0.750. The highest BCUT2D eigenvalue weighted by atomic mass is 16.3. The second kappa shape index (κ2) is 4.34. The van der Waals surface area contributed by atoms with Gasteiger partial charge in [-0.05, 0) is 19.4 Å². The molecule has 0 fully saturated rings. The van der Waals surface area contributed by atoms with Crippen molar-refractivity contribution < 1.29 is 5.11 Å². The Hall–Kier alpha value is -0.500. The maximum atomic E-state index is 9.00. The third-order valence-corrected chi connectivity index (χ3v) is 1.46. The Morgan fingerprint density at radius 1 is 1.60 bits per heavy atom. The molecule has 0 bridgehead atoms. The highest BCUT2D eigenvalue weighted by Crippen LogP contribution is 2.08. The molecule has 2 N–H and O–H groups in total. The van der Waals surface area contributed by atoms with Gasteiger partial charge in [0.2, 0.25) is 0 Å². The largest absolute Gasteiger partial charge is 0.511 e. The van der Waals surface area contributed by atoms with Crippen molar-refractivity contribution in [1.82, 2.24) is 5.32 Å². The summed E-state index contributed by atoms with van der Waals surface area (Å²) in [5, 5.41) is 12.0. The third kappa shape index (κ3) is 3.51. The number of nitrogens with one attached hydrogen (secondary N) is 1. The SMILES string of the molecule is C=C(O)[C@H](CC(C)C)NC. The number of hydrogen-bond acceptors (Lipinski definition) is 2. The van der Waals surface area contributed by atoms with E-state index in [1.165, 1.54) is 0 Å². The Balaban J connectivity index is 3.72. The van der Waals surface area contributed by atoms with Crippen LogP contribution in [0.25, 0.3) is 0 Å². The summed E-state index contributed by atoms with van der Waals surface area (Å²) >= 11 is 0. The van der Waals surface area contributed by atoms with Crippen molar-refractivity contribution in [3.05, 3.63) is 12.3 Å². The van der Waals surface area contributed by atoms with Gasteiger partial charge in [-0.3, -0.25) is 0 Å². The maximum absolute atomic E-state index is 9.00. The van der Waals surface area contributed by atoms with Crippen LogP contribution in [-0.2, 0) is 0 Å². The number of likely N-dealkylation sites (N-methyl/N-ethyl adjacent to an activating group) is 1. The fourth-order valence-electron chi connectivity index (χ4n) is 0.892. The fourth-order valence-corrected chi connectivity index (χ4v) is 0.892. The van der Waals surface area contributed by atoms with Crippen LogP contribution in [0, 0.1) is 5.92 Å². The Morgan fingerprint density at radius 2 is 2.10 bits per heavy atom. The first-order chi connectivity index (χ1) is 4.57. The molecule has 2 heteroatoms. The summed E-state index contributed by atoms with van der Waals surface area (Å²) in [4.78, 5) is 0. The molecule has 0 saturated heterocycles. The molecule has 0 saturated carbocycles. The van der Waals surface area contributed by atoms with Crippen molar-refractivity contribution >= 4 is 0 Å². The summed E-state index contributed by atoms with van der Waals surface area (Å²) in [5.74, 6) is 0.817. The number of hydrogen-bond donors (Lipinski definition) is 2. The van der Waals surface area contributed by atoms with Crippen molar-refractivity contribution in [2.45, 2.75) is 26.3 Å². The van der Waals surface area contributed by atoms with E-state index >= 15 is 0 Å². The molecule has 0 heterocycles. The minimum atomic E-state index is 0.0556. The van der Waals surface area contributed by atoms with Gasteiger partial charge in [0.15, 0.2) is 0 Å². The minimum absolute atomic E-state index is 0.0556. The van der Waals surface area contributed by atoms with Gasteiger partial charge in [-0.1, -0.05) is 20.4 Å². The zero-order valence-electron chi connectivity index (χ0n) is 7.02. The van der Waals surface area contributed by atoms with Gasteiger partial charge < -0.3 is 10.4 Å². The zero-order chi connectivity index (χ0) is 8.15. The molecule has 0 aliphatic rings. The molecule has 0 aromatic carbocycles. The lowest BCUT2D eigenvalue weighted by Gasteiger charge is -2.16. The predicted molar refractivity (Wildman–Crippen MR) is 44.1 cm³/mol. The molecule has 0 amide bonds. The predicted octanol–water partition coefficient (Wildman–Crippen LogP) is 1.69. The van der Waals surface area contributed by atoms with Crippen molar-refractivity contribution in [2.75, 3.05) is 7.05 Å². The Morgan fingerprint density at radius 3 is 2.20 bits per heavy atom. The summed E-state index contributed by atoms with van der Waals surface area (Å²) in [6.07, 6.45) is 0.936. The van der Waals surface area contributed by atoms with Gasteiger partial charge in [0.05, 0.1) is 6.04 Å². The molecule has 2 nitrogen and oxygen atoms in total. The summed E-state index contributed by atoms with van der Waals surface area (Å²) in [5.41, 5.74) is 0. The van der Waals surface area contributed by atoms with Crippen LogP contribution in [0.1, 0.15) is 20.3 Å². The molecule has 10 heavy (non-hydrogen) atoms. The maximum Gasteiger partial charge on any atom is 0.102 e. The quantitative estimate of drug-likeness (QED) is 0.587. The van der Waals surface area contributed by atoms with Crippen molar-refractivity contribution in [3.8, 4) is 0 Å². The third-order valence-electron chi connectivity index (χ3n) is 1.46. The molecule has 0 aromatic rings. The van der Waals surface area contributed by atoms with Gasteiger partial charge in [0, 0.05) is 0 Å². The van der Waals surface area contributed by atoms with Crippen molar-refractivity contribution in [1.29, 1.82) is 0 Å². The molecular weight excluding hydrogens is 126 g/mol. The van der Waals surface area contributed by atoms with Gasteiger partial charge in [0.25, 0.3) is 0 Å². The first kappa shape index (κ1) is 9.50. The molecule has 0 unspecified atom stereocenters. The van der Waals surface area contributed by atoms with Crippen molar-refractivity contribution in [3.63, 3.8) is 0 Å². The molecule has 0 rings (SSSR count). The summed E-state index contributed by atoms with van der Waals surface area (Å²) in [6, 6.07) is 0.0556. The molecule has 0 spiro atoms. The van der Waals surface area contributed by atoms with E-state index < -0.39 is 0 Å². The number of rotatable bonds is 4. The van der Waals surface area contributed by atoms with E-state index in [2.05, 4.69) is 25.7 Å². The summed E-state index contributed by atoms with van der Waals surface area (Å²) < 4.78 is 0. The van der Waals surface area contributed by atoms with Gasteiger partial charge >= 0.3 is 0 Å². The lowest BCUT2D eigenvalue weighted by molar-refractivity contribution is 0.324. The number of aliphatic hydroxyl groups excluding tert-OH is 1. The van der Waals surface area contributed by atoms with Crippen LogP contribution in [0.5, 0.6) is 0 Å². The van der Waals surface area contributed by atoms with Crippen LogP contribution in [0.3, 0.4) is 0 Å². The lowest BCUT2D eigenvalue weighted by Crippen LogP contribution is -2.28.